The van der Waals surface area contributed by atoms with E-state index >= 15 is 0 Å². The number of nitrogens with one attached hydrogen (secondary N) is 1. The van der Waals surface area contributed by atoms with E-state index in [1.165, 1.54) is 37.4 Å². The van der Waals surface area contributed by atoms with E-state index in [9.17, 15) is 0 Å². The van der Waals surface area contributed by atoms with E-state index in [1.807, 2.05) is 0 Å². The summed E-state index contributed by atoms with van der Waals surface area (Å²) >= 11 is 3.62. The van der Waals surface area contributed by atoms with Crippen molar-refractivity contribution in [2.75, 3.05) is 0 Å². The minimum absolute atomic E-state index is 0.233. The molecule has 0 bridgehead atoms. The van der Waals surface area contributed by atoms with Gasteiger partial charge in [-0.05, 0) is 0 Å². The van der Waals surface area contributed by atoms with Crippen LogP contribution in [0.5, 0.6) is 0 Å². The van der Waals surface area contributed by atoms with Crippen LogP contribution in [0.25, 0.3) is 0 Å². The molecule has 21 heavy (non-hydrogen) atoms. The van der Waals surface area contributed by atoms with Gasteiger partial charge in [0, 0.05) is 0 Å². The fraction of sp³-hybridized carbons (Fsp3) is 0.667. The van der Waals surface area contributed by atoms with Crippen LogP contribution in [0.3, 0.4) is 0 Å². The molecule has 1 unspecified atom stereocenters. The fourth-order valence-corrected chi connectivity index (χ4v) is 7.82. The molecule has 0 aliphatic heterocycles. The molecule has 1 fully saturated rings. The van der Waals surface area contributed by atoms with Gasteiger partial charge in [-0.2, -0.15) is 0 Å². The average molecular weight is 370 g/mol. The number of hydrogen-bond donors (Lipinski definition) is 1. The van der Waals surface area contributed by atoms with Crippen LogP contribution in [-0.2, 0) is 0 Å². The Balaban J connectivity index is 2.23. The predicted molar refractivity (Wildman–Crippen MR) is 97.7 cm³/mol. The molecule has 2 rings (SSSR count). The molecule has 0 aromatic heterocycles. The Hall–Kier alpha value is 0.129. The quantitative estimate of drug-likeness (QED) is 0.599. The zero-order chi connectivity index (χ0) is 15.5. The van der Waals surface area contributed by atoms with Crippen molar-refractivity contribution in [1.82, 2.24) is 5.09 Å². The second-order valence-corrected chi connectivity index (χ2v) is 14.2. The summed E-state index contributed by atoms with van der Waals surface area (Å²) in [6, 6.07) is 11.6. The number of benzene rings is 1. The summed E-state index contributed by atoms with van der Waals surface area (Å²) in [5, 5.41) is 5.77. The molecular weight excluding hydrogens is 340 g/mol. The molecule has 0 amide bonds. The first-order chi connectivity index (χ1) is 9.84. The zero-order valence-corrected chi connectivity index (χ0v) is 16.5. The Bertz CT molecular complexity index is 486. The molecule has 1 aliphatic rings. The Labute approximate surface area is 138 Å². The van der Waals surface area contributed by atoms with Gasteiger partial charge in [-0.25, -0.2) is 0 Å². The summed E-state index contributed by atoms with van der Waals surface area (Å²) in [6.07, 6.45) is 7.05. The van der Waals surface area contributed by atoms with E-state index in [0.29, 0.717) is 6.04 Å². The van der Waals surface area contributed by atoms with Crippen molar-refractivity contribution in [3.63, 3.8) is 0 Å². The molecule has 1 aliphatic carbocycles. The summed E-state index contributed by atoms with van der Waals surface area (Å²) in [4.78, 5) is 0. The minimum atomic E-state index is -1.50. The van der Waals surface area contributed by atoms with Gasteiger partial charge >= 0.3 is 138 Å². The molecule has 0 spiro atoms. The molecule has 0 saturated heterocycles. The summed E-state index contributed by atoms with van der Waals surface area (Å²) in [6.45, 7) is 9.50. The van der Waals surface area contributed by atoms with Gasteiger partial charge in [0.1, 0.15) is 0 Å². The SMILES string of the molecule is C[C@H](NP(=[Se])(c1ccccc1)C(C)(C)C)C1CCCCC1. The molecule has 1 nitrogen and oxygen atoms in total. The first-order valence-corrected chi connectivity index (χ1v) is 12.3. The van der Waals surface area contributed by atoms with Crippen LogP contribution < -0.4 is 10.4 Å². The third-order valence-corrected chi connectivity index (χ3v) is 13.9. The van der Waals surface area contributed by atoms with Gasteiger partial charge in [-0.1, -0.05) is 0 Å². The topological polar surface area (TPSA) is 12.0 Å². The van der Waals surface area contributed by atoms with Crippen molar-refractivity contribution in [2.24, 2.45) is 5.92 Å². The van der Waals surface area contributed by atoms with Crippen molar-refractivity contribution < 1.29 is 0 Å². The molecule has 118 valence electrons. The summed E-state index contributed by atoms with van der Waals surface area (Å²) in [7, 11) is 0. The van der Waals surface area contributed by atoms with Gasteiger partial charge in [0.05, 0.1) is 0 Å². The van der Waals surface area contributed by atoms with Gasteiger partial charge < -0.3 is 0 Å². The van der Waals surface area contributed by atoms with Gasteiger partial charge in [-0.15, -0.1) is 0 Å². The van der Waals surface area contributed by atoms with Crippen molar-refractivity contribution in [2.45, 2.75) is 71.0 Å². The Morgan fingerprint density at radius 3 is 2.19 bits per heavy atom. The monoisotopic (exact) mass is 371 g/mol. The third-order valence-electron chi connectivity index (χ3n) is 4.81. The first-order valence-electron chi connectivity index (χ1n) is 8.28. The molecule has 2 atom stereocenters. The van der Waals surface area contributed by atoms with Crippen LogP contribution in [0.4, 0.5) is 0 Å². The van der Waals surface area contributed by atoms with Gasteiger partial charge in [0.25, 0.3) is 0 Å². The van der Waals surface area contributed by atoms with Crippen LogP contribution >= 0.6 is 5.66 Å². The molecule has 3 heteroatoms. The number of rotatable bonds is 4. The van der Waals surface area contributed by atoms with E-state index in [4.69, 9.17) is 0 Å². The predicted octanol–water partition coefficient (Wildman–Crippen LogP) is 4.68. The molecule has 1 saturated carbocycles. The Morgan fingerprint density at radius 1 is 1.10 bits per heavy atom. The maximum atomic E-state index is 4.07. The van der Waals surface area contributed by atoms with E-state index in [1.54, 1.807) is 0 Å². The van der Waals surface area contributed by atoms with Crippen molar-refractivity contribution in [3.8, 4) is 0 Å². The maximum absolute atomic E-state index is 4.07. The second kappa shape index (κ2) is 7.14. The van der Waals surface area contributed by atoms with Crippen molar-refractivity contribution in [1.29, 1.82) is 0 Å². The molecule has 0 radical (unpaired) electrons. The van der Waals surface area contributed by atoms with Crippen molar-refractivity contribution >= 4 is 26.1 Å². The van der Waals surface area contributed by atoms with Gasteiger partial charge in [0.2, 0.25) is 0 Å². The first kappa shape index (κ1) is 17.5. The summed E-state index contributed by atoms with van der Waals surface area (Å²) in [5.74, 6) is 0.845. The van der Waals surface area contributed by atoms with Crippen LogP contribution in [0.2, 0.25) is 0 Å². The number of hydrogen-bond acceptors (Lipinski definition) is 1. The molecule has 1 aromatic carbocycles. The molecule has 1 N–H and O–H groups in total. The normalized spacial score (nSPS) is 21.7. The van der Waals surface area contributed by atoms with Crippen LogP contribution in [-0.4, -0.2) is 26.3 Å². The average Bonchev–Trinajstić information content (AvgIpc) is 2.47. The zero-order valence-electron chi connectivity index (χ0n) is 13.9. The molecule has 1 aromatic rings. The van der Waals surface area contributed by atoms with Crippen LogP contribution in [0, 0.1) is 5.92 Å². The summed E-state index contributed by atoms with van der Waals surface area (Å²) in [5.41, 5.74) is -1.50. The Morgan fingerprint density at radius 2 is 1.67 bits per heavy atom. The summed E-state index contributed by atoms with van der Waals surface area (Å²) < 4.78 is 0. The van der Waals surface area contributed by atoms with E-state index < -0.39 is 5.66 Å². The van der Waals surface area contributed by atoms with E-state index in [-0.39, 0.29) is 5.16 Å². The fourth-order valence-electron chi connectivity index (χ4n) is 3.32. The van der Waals surface area contributed by atoms with Gasteiger partial charge in [0.15, 0.2) is 0 Å². The molecule has 0 heterocycles. The van der Waals surface area contributed by atoms with E-state index in [2.05, 4.69) is 78.2 Å². The van der Waals surface area contributed by atoms with Gasteiger partial charge in [-0.3, -0.25) is 0 Å². The second-order valence-electron chi connectivity index (χ2n) is 7.43. The molecular formula is C18H30NPSe. The van der Waals surface area contributed by atoms with Crippen LogP contribution in [0.1, 0.15) is 59.8 Å². The van der Waals surface area contributed by atoms with E-state index in [0.717, 1.165) is 5.92 Å². The van der Waals surface area contributed by atoms with Crippen LogP contribution in [0.15, 0.2) is 30.3 Å². The van der Waals surface area contributed by atoms with Crippen molar-refractivity contribution in [3.05, 3.63) is 30.3 Å². The Kier molecular flexibility index (Phi) is 5.94. The standard InChI is InChI=1S/C18H30NPSe/c1-15(16-11-7-5-8-12-16)19-20(21,18(2,3)4)17-13-9-6-10-14-17/h6,9-10,13-16H,5,7-8,11-12H2,1-4H3,(H,19,21)/t15-,20?/m0/s1. The third kappa shape index (κ3) is 4.11.